The van der Waals surface area contributed by atoms with Gasteiger partial charge in [0.1, 0.15) is 6.04 Å². The fourth-order valence-corrected chi connectivity index (χ4v) is 2.99. The molecule has 1 heterocycles. The molecule has 19 heavy (non-hydrogen) atoms. The molecule has 0 amide bonds. The van der Waals surface area contributed by atoms with E-state index in [9.17, 15) is 4.79 Å². The van der Waals surface area contributed by atoms with Gasteiger partial charge in [-0.15, -0.1) is 0 Å². The van der Waals surface area contributed by atoms with E-state index in [2.05, 4.69) is 27.6 Å². The molecule has 1 atom stereocenters. The van der Waals surface area contributed by atoms with Crippen molar-refractivity contribution in [2.75, 3.05) is 7.11 Å². The van der Waals surface area contributed by atoms with Crippen LogP contribution in [0.3, 0.4) is 0 Å². The normalized spacial score (nSPS) is 12.9. The van der Waals surface area contributed by atoms with Crippen molar-refractivity contribution in [3.05, 3.63) is 26.5 Å². The Balaban J connectivity index is 2.69. The van der Waals surface area contributed by atoms with Crippen molar-refractivity contribution in [3.63, 3.8) is 0 Å². The Morgan fingerprint density at radius 3 is 2.74 bits per heavy atom. The number of fused-ring (bicyclic) bond motifs is 1. The number of rotatable bonds is 3. The van der Waals surface area contributed by atoms with Crippen LogP contribution in [0, 0.1) is 14.3 Å². The maximum absolute atomic E-state index is 12.0. The van der Waals surface area contributed by atoms with Gasteiger partial charge in [0.2, 0.25) is 0 Å². The molecular formula is C13H15IN2O2S. The summed E-state index contributed by atoms with van der Waals surface area (Å²) in [6, 6.07) is 5.57. The van der Waals surface area contributed by atoms with Gasteiger partial charge in [0.25, 0.3) is 0 Å². The third kappa shape index (κ3) is 2.69. The van der Waals surface area contributed by atoms with E-state index in [1.165, 1.54) is 7.11 Å². The summed E-state index contributed by atoms with van der Waals surface area (Å²) in [7, 11) is 1.40. The van der Waals surface area contributed by atoms with Crippen LogP contribution in [-0.4, -0.2) is 22.6 Å². The second-order valence-corrected chi connectivity index (χ2v) is 6.31. The lowest BCUT2D eigenvalue weighted by Crippen LogP contribution is -2.25. The van der Waals surface area contributed by atoms with E-state index < -0.39 is 6.04 Å². The first-order chi connectivity index (χ1) is 8.95. The monoisotopic (exact) mass is 390 g/mol. The number of esters is 1. The average molecular weight is 390 g/mol. The van der Waals surface area contributed by atoms with Crippen molar-refractivity contribution in [2.24, 2.45) is 5.92 Å². The number of nitrogens with one attached hydrogen (secondary N) is 1. The molecule has 0 saturated carbocycles. The number of aromatic nitrogens is 2. The molecule has 102 valence electrons. The summed E-state index contributed by atoms with van der Waals surface area (Å²) in [5.41, 5.74) is 1.86. The molecule has 0 aliphatic carbocycles. The number of aromatic amines is 1. The van der Waals surface area contributed by atoms with Crippen molar-refractivity contribution in [3.8, 4) is 0 Å². The number of benzene rings is 1. The molecule has 2 aromatic rings. The fourth-order valence-electron chi connectivity index (χ4n) is 2.18. The van der Waals surface area contributed by atoms with E-state index in [4.69, 9.17) is 17.0 Å². The molecule has 0 radical (unpaired) electrons. The van der Waals surface area contributed by atoms with Crippen molar-refractivity contribution in [2.45, 2.75) is 19.9 Å². The predicted molar refractivity (Wildman–Crippen MR) is 85.7 cm³/mol. The lowest BCUT2D eigenvalue weighted by molar-refractivity contribution is -0.145. The summed E-state index contributed by atoms with van der Waals surface area (Å²) in [4.78, 5) is 15.2. The van der Waals surface area contributed by atoms with E-state index >= 15 is 0 Å². The number of carbonyl (C=O) groups is 1. The number of H-pyrrole nitrogens is 1. The van der Waals surface area contributed by atoms with Gasteiger partial charge in [-0.3, -0.25) is 0 Å². The van der Waals surface area contributed by atoms with Gasteiger partial charge in [0.15, 0.2) is 4.77 Å². The molecule has 0 aliphatic rings. The summed E-state index contributed by atoms with van der Waals surface area (Å²) in [6.07, 6.45) is 0. The fraction of sp³-hybridized carbons (Fsp3) is 0.385. The smallest absolute Gasteiger partial charge is 0.329 e. The van der Waals surface area contributed by atoms with Crippen molar-refractivity contribution in [1.82, 2.24) is 9.55 Å². The van der Waals surface area contributed by atoms with Crippen LogP contribution < -0.4 is 0 Å². The summed E-state index contributed by atoms with van der Waals surface area (Å²) in [6.45, 7) is 3.96. The Hall–Kier alpha value is -0.890. The standard InChI is InChI=1S/C13H15IN2O2S/c1-7(2)11(12(17)18-3)16-10-5-4-8(14)6-9(10)15-13(16)19/h4-7,11H,1-3H3,(H,15,19). The second-order valence-electron chi connectivity index (χ2n) is 4.67. The SMILES string of the molecule is COC(=O)C(C(C)C)n1c(=S)[nH]c2cc(I)ccc21. The molecule has 2 rings (SSSR count). The van der Waals surface area contributed by atoms with Crippen LogP contribution in [0.5, 0.6) is 0 Å². The Morgan fingerprint density at radius 2 is 2.16 bits per heavy atom. The van der Waals surface area contributed by atoms with Gasteiger partial charge in [0.05, 0.1) is 18.1 Å². The number of methoxy groups -OCH3 is 1. The average Bonchev–Trinajstić information content (AvgIpc) is 2.65. The second kappa shape index (κ2) is 5.62. The number of ether oxygens (including phenoxy) is 1. The summed E-state index contributed by atoms with van der Waals surface area (Å²) < 4.78 is 8.41. The zero-order chi connectivity index (χ0) is 14.2. The molecular weight excluding hydrogens is 375 g/mol. The van der Waals surface area contributed by atoms with Crippen LogP contribution in [0.25, 0.3) is 11.0 Å². The number of hydrogen-bond acceptors (Lipinski definition) is 3. The van der Waals surface area contributed by atoms with Crippen LogP contribution in [0.15, 0.2) is 18.2 Å². The Morgan fingerprint density at radius 1 is 1.47 bits per heavy atom. The van der Waals surface area contributed by atoms with E-state index in [-0.39, 0.29) is 11.9 Å². The zero-order valence-corrected chi connectivity index (χ0v) is 13.9. The van der Waals surface area contributed by atoms with Crippen molar-refractivity contribution < 1.29 is 9.53 Å². The minimum atomic E-state index is -0.411. The van der Waals surface area contributed by atoms with Crippen LogP contribution in [0.1, 0.15) is 19.9 Å². The molecule has 0 fully saturated rings. The molecule has 1 aromatic heterocycles. The molecule has 6 heteroatoms. The molecule has 0 saturated heterocycles. The van der Waals surface area contributed by atoms with E-state index in [0.29, 0.717) is 4.77 Å². The highest BCUT2D eigenvalue weighted by molar-refractivity contribution is 14.1. The highest BCUT2D eigenvalue weighted by Gasteiger charge is 2.27. The minimum Gasteiger partial charge on any atom is -0.467 e. The van der Waals surface area contributed by atoms with Gasteiger partial charge in [-0.05, 0) is 58.9 Å². The van der Waals surface area contributed by atoms with E-state index in [0.717, 1.165) is 14.6 Å². The quantitative estimate of drug-likeness (QED) is 0.494. The minimum absolute atomic E-state index is 0.0948. The van der Waals surface area contributed by atoms with Gasteiger partial charge < -0.3 is 14.3 Å². The molecule has 1 N–H and O–H groups in total. The first-order valence-corrected chi connectivity index (χ1v) is 7.42. The lowest BCUT2D eigenvalue weighted by atomic mass is 10.0. The Kier molecular flexibility index (Phi) is 4.29. The topological polar surface area (TPSA) is 47.0 Å². The van der Waals surface area contributed by atoms with Gasteiger partial charge in [-0.1, -0.05) is 13.8 Å². The predicted octanol–water partition coefficient (Wildman–Crippen LogP) is 3.67. The van der Waals surface area contributed by atoms with Crippen molar-refractivity contribution in [1.29, 1.82) is 0 Å². The summed E-state index contributed by atoms with van der Waals surface area (Å²) >= 11 is 7.60. The van der Waals surface area contributed by atoms with Gasteiger partial charge >= 0.3 is 5.97 Å². The molecule has 0 aliphatic heterocycles. The molecule has 0 bridgehead atoms. The Bertz CT molecular complexity index is 675. The van der Waals surface area contributed by atoms with E-state index in [1.54, 1.807) is 0 Å². The van der Waals surface area contributed by atoms with E-state index in [1.807, 2.05) is 36.6 Å². The lowest BCUT2D eigenvalue weighted by Gasteiger charge is -2.20. The molecule has 0 spiro atoms. The molecule has 1 unspecified atom stereocenters. The van der Waals surface area contributed by atoms with Gasteiger partial charge in [-0.2, -0.15) is 0 Å². The van der Waals surface area contributed by atoms with Crippen LogP contribution in [-0.2, 0) is 9.53 Å². The van der Waals surface area contributed by atoms with Gasteiger partial charge in [0, 0.05) is 3.57 Å². The van der Waals surface area contributed by atoms with Crippen molar-refractivity contribution >= 4 is 51.8 Å². The number of halogens is 1. The highest BCUT2D eigenvalue weighted by Crippen LogP contribution is 2.26. The number of hydrogen-bond donors (Lipinski definition) is 1. The summed E-state index contributed by atoms with van der Waals surface area (Å²) in [5, 5.41) is 0. The number of imidazole rings is 1. The maximum atomic E-state index is 12.0. The first-order valence-electron chi connectivity index (χ1n) is 5.93. The first kappa shape index (κ1) is 14.5. The van der Waals surface area contributed by atoms with Crippen LogP contribution >= 0.6 is 34.8 Å². The maximum Gasteiger partial charge on any atom is 0.329 e. The highest BCUT2D eigenvalue weighted by atomic mass is 127. The van der Waals surface area contributed by atoms with Gasteiger partial charge in [-0.25, -0.2) is 4.79 Å². The third-order valence-electron chi connectivity index (χ3n) is 3.03. The summed E-state index contributed by atoms with van der Waals surface area (Å²) in [5.74, 6) is -0.178. The number of carbonyl (C=O) groups excluding carboxylic acids is 1. The number of nitrogens with zero attached hydrogens (tertiary/aromatic N) is 1. The molecule has 1 aromatic carbocycles. The molecule has 4 nitrogen and oxygen atoms in total. The largest absolute Gasteiger partial charge is 0.467 e. The van der Waals surface area contributed by atoms with Crippen LogP contribution in [0.4, 0.5) is 0 Å². The Labute approximate surface area is 130 Å². The zero-order valence-electron chi connectivity index (χ0n) is 10.9. The third-order valence-corrected chi connectivity index (χ3v) is 4.00. The van der Waals surface area contributed by atoms with Crippen LogP contribution in [0.2, 0.25) is 0 Å².